The molecular weight excluding hydrogens is 550 g/mol. The summed E-state index contributed by atoms with van der Waals surface area (Å²) in [5.74, 6) is -78.3. The van der Waals surface area contributed by atoms with Gasteiger partial charge < -0.3 is 0 Å². The Bertz CT molecular complexity index is 641. The molecule has 0 rings (SSSR count). The summed E-state index contributed by atoms with van der Waals surface area (Å²) >= 11 is 0. The minimum Gasteiger partial charge on any atom is -0.192 e. The molecule has 0 bridgehead atoms. The molecule has 0 aliphatic carbocycles. The van der Waals surface area contributed by atoms with Crippen molar-refractivity contribution in [3.8, 4) is 0 Å². The standard InChI is InChI=1S/C11F22/c12-1(13)3(16,17)5(20,21)7(24,25)9(28,29)11(32,33)10(30,31)8(26,27)6(22,23)4(18,19)2(14)15. The molecule has 22 heteroatoms. The number of halogens is 22. The SMILES string of the molecule is F[C](F)C(F)(F)C(F)(F)C(F)(F)C(F)(F)C(F)(F)C(F)(F)C(F)(F)C(F)(F)C(F)(F)[C](F)F. The van der Waals surface area contributed by atoms with E-state index in [0.29, 0.717) is 0 Å². The van der Waals surface area contributed by atoms with E-state index in [4.69, 9.17) is 0 Å². The van der Waals surface area contributed by atoms with Gasteiger partial charge in [0.25, 0.3) is 0 Å². The number of hydrogen-bond acceptors (Lipinski definition) is 0. The van der Waals surface area contributed by atoms with E-state index in [0.717, 1.165) is 0 Å². The van der Waals surface area contributed by atoms with E-state index in [-0.39, 0.29) is 0 Å². The molecule has 0 fully saturated rings. The Hall–Kier alpha value is -1.54. The van der Waals surface area contributed by atoms with Crippen LogP contribution < -0.4 is 0 Å². The molecule has 0 atom stereocenters. The van der Waals surface area contributed by atoms with E-state index in [1.165, 1.54) is 0 Å². The zero-order valence-corrected chi connectivity index (χ0v) is 13.8. The van der Waals surface area contributed by atoms with Gasteiger partial charge in [0.15, 0.2) is 0 Å². The Kier molecular flexibility index (Phi) is 7.37. The zero-order chi connectivity index (χ0) is 27.7. The Balaban J connectivity index is 7.00. The van der Waals surface area contributed by atoms with Gasteiger partial charge in [-0.3, -0.25) is 0 Å². The van der Waals surface area contributed by atoms with E-state index in [1.54, 1.807) is 0 Å². The average molecular weight is 550 g/mol. The van der Waals surface area contributed by atoms with Gasteiger partial charge in [-0.05, 0) is 0 Å². The normalized spacial score (nSPS) is 16.7. The Labute approximate surface area is 164 Å². The Morgan fingerprint density at radius 1 is 0.242 bits per heavy atom. The van der Waals surface area contributed by atoms with Crippen LogP contribution in [0, 0.1) is 12.9 Å². The van der Waals surface area contributed by atoms with Crippen molar-refractivity contribution in [2.45, 2.75) is 53.3 Å². The second kappa shape index (κ2) is 7.74. The fourth-order valence-corrected chi connectivity index (χ4v) is 1.62. The molecule has 2 radical (unpaired) electrons. The maximum atomic E-state index is 13.2. The highest BCUT2D eigenvalue weighted by atomic mass is 19.4. The van der Waals surface area contributed by atoms with Crippen LogP contribution >= 0.6 is 0 Å². The topological polar surface area (TPSA) is 0 Å². The van der Waals surface area contributed by atoms with Gasteiger partial charge in [-0.1, -0.05) is 0 Å². The van der Waals surface area contributed by atoms with E-state index < -0.39 is 66.2 Å². The first-order chi connectivity index (χ1) is 13.9. The second-order valence-electron chi connectivity index (χ2n) is 5.69. The molecule has 0 aromatic carbocycles. The van der Waals surface area contributed by atoms with Crippen LogP contribution in [0.15, 0.2) is 0 Å². The highest BCUT2D eigenvalue weighted by Crippen LogP contribution is 2.66. The van der Waals surface area contributed by atoms with Crippen molar-refractivity contribution in [3.05, 3.63) is 12.9 Å². The van der Waals surface area contributed by atoms with Gasteiger partial charge in [-0.2, -0.15) is 96.6 Å². The van der Waals surface area contributed by atoms with E-state index in [2.05, 4.69) is 0 Å². The van der Waals surface area contributed by atoms with Crippen molar-refractivity contribution in [2.24, 2.45) is 0 Å². The smallest absolute Gasteiger partial charge is 0.192 e. The summed E-state index contributed by atoms with van der Waals surface area (Å²) in [5, 5.41) is 0. The lowest BCUT2D eigenvalue weighted by atomic mass is 9.86. The first-order valence-corrected chi connectivity index (χ1v) is 6.66. The third kappa shape index (κ3) is 3.63. The lowest BCUT2D eigenvalue weighted by molar-refractivity contribution is -0.463. The molecule has 0 unspecified atom stereocenters. The second-order valence-corrected chi connectivity index (χ2v) is 5.69. The molecule has 0 heterocycles. The fourth-order valence-electron chi connectivity index (χ4n) is 1.62. The summed E-state index contributed by atoms with van der Waals surface area (Å²) in [6.07, 6.45) is -10.5. The van der Waals surface area contributed by atoms with Crippen molar-refractivity contribution in [3.63, 3.8) is 0 Å². The first-order valence-electron chi connectivity index (χ1n) is 6.66. The minimum absolute atomic E-state index is 5.26. The summed E-state index contributed by atoms with van der Waals surface area (Å²) in [6, 6.07) is 0. The van der Waals surface area contributed by atoms with Crippen molar-refractivity contribution in [1.29, 1.82) is 0 Å². The Morgan fingerprint density at radius 3 is 0.485 bits per heavy atom. The summed E-state index contributed by atoms with van der Waals surface area (Å²) in [5.41, 5.74) is 0. The van der Waals surface area contributed by atoms with Crippen LogP contribution in [-0.2, 0) is 0 Å². The van der Waals surface area contributed by atoms with Crippen LogP contribution in [0.5, 0.6) is 0 Å². The molecule has 33 heavy (non-hydrogen) atoms. The van der Waals surface area contributed by atoms with Gasteiger partial charge in [0.1, 0.15) is 0 Å². The minimum atomic E-state index is -9.22. The van der Waals surface area contributed by atoms with Crippen molar-refractivity contribution in [1.82, 2.24) is 0 Å². The molecule has 0 aromatic heterocycles. The maximum absolute atomic E-state index is 13.2. The van der Waals surface area contributed by atoms with Gasteiger partial charge in [-0.25, -0.2) is 0 Å². The van der Waals surface area contributed by atoms with E-state index in [1.807, 2.05) is 0 Å². The quantitative estimate of drug-likeness (QED) is 0.247. The lowest BCUT2D eigenvalue weighted by Gasteiger charge is -2.44. The van der Waals surface area contributed by atoms with Gasteiger partial charge in [-0.15, -0.1) is 0 Å². The largest absolute Gasteiger partial charge is 0.385 e. The van der Waals surface area contributed by atoms with Gasteiger partial charge in [0.2, 0.25) is 0 Å². The highest BCUT2D eigenvalue weighted by molar-refractivity contribution is 5.19. The molecule has 0 saturated carbocycles. The van der Waals surface area contributed by atoms with Crippen LogP contribution in [0.3, 0.4) is 0 Å². The molecular formula is C11F22. The van der Waals surface area contributed by atoms with Crippen LogP contribution in [-0.4, -0.2) is 53.3 Å². The average Bonchev–Trinajstić information content (AvgIpc) is 2.59. The van der Waals surface area contributed by atoms with Gasteiger partial charge in [0, 0.05) is 0 Å². The first kappa shape index (κ1) is 31.5. The molecule has 0 spiro atoms. The molecule has 0 aromatic rings. The van der Waals surface area contributed by atoms with Crippen molar-refractivity contribution < 1.29 is 96.6 Å². The third-order valence-corrected chi connectivity index (χ3v) is 3.63. The summed E-state index contributed by atoms with van der Waals surface area (Å²) in [6.45, 7) is 0. The molecule has 0 N–H and O–H groups in total. The molecule has 0 saturated heterocycles. The zero-order valence-electron chi connectivity index (χ0n) is 13.8. The van der Waals surface area contributed by atoms with Crippen molar-refractivity contribution in [2.75, 3.05) is 0 Å². The molecule has 0 amide bonds. The summed E-state index contributed by atoms with van der Waals surface area (Å²) in [4.78, 5) is 0. The monoisotopic (exact) mass is 550 g/mol. The lowest BCUT2D eigenvalue weighted by Crippen LogP contribution is -2.76. The van der Waals surface area contributed by atoms with Crippen LogP contribution in [0.25, 0.3) is 0 Å². The van der Waals surface area contributed by atoms with Crippen LogP contribution in [0.1, 0.15) is 0 Å². The fraction of sp³-hybridized carbons (Fsp3) is 0.818. The van der Waals surface area contributed by atoms with Crippen LogP contribution in [0.4, 0.5) is 96.6 Å². The number of hydrogen-bond donors (Lipinski definition) is 0. The maximum Gasteiger partial charge on any atom is 0.385 e. The summed E-state index contributed by atoms with van der Waals surface area (Å²) in [7, 11) is 0. The predicted octanol–water partition coefficient (Wildman–Crippen LogP) is 7.56. The Morgan fingerprint density at radius 2 is 0.364 bits per heavy atom. The number of rotatable bonds is 10. The van der Waals surface area contributed by atoms with E-state index >= 15 is 0 Å². The van der Waals surface area contributed by atoms with Gasteiger partial charge >= 0.3 is 66.2 Å². The number of alkyl halides is 18. The highest BCUT2D eigenvalue weighted by Gasteiger charge is 2.97. The molecule has 0 nitrogen and oxygen atoms in total. The van der Waals surface area contributed by atoms with Gasteiger partial charge in [0.05, 0.1) is 0 Å². The molecule has 198 valence electrons. The summed E-state index contributed by atoms with van der Waals surface area (Å²) < 4.78 is 279. The third-order valence-electron chi connectivity index (χ3n) is 3.63. The molecule has 0 aliphatic rings. The van der Waals surface area contributed by atoms with Crippen LogP contribution in [0.2, 0.25) is 0 Å². The molecule has 0 aliphatic heterocycles. The predicted molar refractivity (Wildman–Crippen MR) is 55.4 cm³/mol. The van der Waals surface area contributed by atoms with Crippen molar-refractivity contribution >= 4 is 0 Å². The van der Waals surface area contributed by atoms with E-state index in [9.17, 15) is 96.6 Å².